The lowest BCUT2D eigenvalue weighted by atomic mass is 9.97. The van der Waals surface area contributed by atoms with Crippen LogP contribution >= 0.6 is 11.3 Å². The van der Waals surface area contributed by atoms with Gasteiger partial charge in [-0.2, -0.15) is 0 Å². The number of amides is 1. The highest BCUT2D eigenvalue weighted by molar-refractivity contribution is 7.09. The molecule has 0 aliphatic rings. The molecule has 0 unspecified atom stereocenters. The fourth-order valence-electron chi connectivity index (χ4n) is 2.87. The third-order valence-corrected chi connectivity index (χ3v) is 4.85. The second-order valence-electron chi connectivity index (χ2n) is 8.11. The summed E-state index contributed by atoms with van der Waals surface area (Å²) in [7, 11) is 0. The van der Waals surface area contributed by atoms with Crippen molar-refractivity contribution in [3.8, 4) is 0 Å². The van der Waals surface area contributed by atoms with Crippen LogP contribution in [0.25, 0.3) is 0 Å². The van der Waals surface area contributed by atoms with Crippen molar-refractivity contribution in [3.63, 3.8) is 0 Å². The van der Waals surface area contributed by atoms with Crippen LogP contribution in [-0.4, -0.2) is 32.7 Å². The quantitative estimate of drug-likeness (QED) is 0.720. The minimum Gasteiger partial charge on any atom is -0.444 e. The van der Waals surface area contributed by atoms with Gasteiger partial charge in [0.25, 0.3) is 0 Å². The summed E-state index contributed by atoms with van der Waals surface area (Å²) < 4.78 is 5.66. The smallest absolute Gasteiger partial charge is 0.410 e. The molecule has 0 aliphatic heterocycles. The molecule has 2 aromatic rings. The number of thiazole rings is 1. The van der Waals surface area contributed by atoms with E-state index in [-0.39, 0.29) is 0 Å². The van der Waals surface area contributed by atoms with E-state index in [4.69, 9.17) is 4.74 Å². The van der Waals surface area contributed by atoms with Gasteiger partial charge >= 0.3 is 6.09 Å². The monoisotopic (exact) mass is 390 g/mol. The van der Waals surface area contributed by atoms with Gasteiger partial charge in [-0.3, -0.25) is 4.90 Å². The summed E-state index contributed by atoms with van der Waals surface area (Å²) in [6, 6.07) is 9.34. The molecule has 1 aromatic heterocycles. The molecular formula is C21H30N2O3S. The van der Waals surface area contributed by atoms with Crippen molar-refractivity contribution in [2.24, 2.45) is 5.92 Å². The number of rotatable bonds is 7. The molecule has 2 rings (SSSR count). The predicted octanol–water partition coefficient (Wildman–Crippen LogP) is 5.03. The highest BCUT2D eigenvalue weighted by atomic mass is 32.1. The minimum atomic E-state index is -0.858. The molecule has 1 amide bonds. The Morgan fingerprint density at radius 2 is 1.93 bits per heavy atom. The Morgan fingerprint density at radius 3 is 2.44 bits per heavy atom. The number of carbonyl (C=O) groups is 1. The van der Waals surface area contributed by atoms with Crippen molar-refractivity contribution in [2.45, 2.75) is 65.3 Å². The average Bonchev–Trinajstić information content (AvgIpc) is 3.11. The summed E-state index contributed by atoms with van der Waals surface area (Å²) in [6.45, 7) is 10.1. The Balaban J connectivity index is 2.36. The summed E-state index contributed by atoms with van der Waals surface area (Å²) in [5.41, 5.74) is 0.379. The topological polar surface area (TPSA) is 62.7 Å². The van der Waals surface area contributed by atoms with E-state index in [2.05, 4.69) is 18.8 Å². The maximum Gasteiger partial charge on any atom is 0.410 e. The van der Waals surface area contributed by atoms with Crippen LogP contribution in [0, 0.1) is 5.92 Å². The van der Waals surface area contributed by atoms with E-state index in [1.807, 2.05) is 56.5 Å². The standard InChI is InChI=1S/C21H30N2O3S/c1-15(2)13-17(18(24)19-22-11-12-27-19)23(20(25)26-21(3,4)5)14-16-9-7-6-8-10-16/h6-12,15,17-18,24H,13-14H2,1-5H3/t17-,18+/m0/s1. The first kappa shape index (κ1) is 21.4. The predicted molar refractivity (Wildman–Crippen MR) is 109 cm³/mol. The van der Waals surface area contributed by atoms with Crippen molar-refractivity contribution in [3.05, 3.63) is 52.5 Å². The van der Waals surface area contributed by atoms with E-state index < -0.39 is 23.8 Å². The Morgan fingerprint density at radius 1 is 1.26 bits per heavy atom. The zero-order valence-electron chi connectivity index (χ0n) is 16.8. The van der Waals surface area contributed by atoms with Crippen LogP contribution in [-0.2, 0) is 11.3 Å². The van der Waals surface area contributed by atoms with Gasteiger partial charge in [0.15, 0.2) is 0 Å². The fraction of sp³-hybridized carbons (Fsp3) is 0.524. The second kappa shape index (κ2) is 9.33. The first-order valence-electron chi connectivity index (χ1n) is 9.28. The molecule has 0 saturated heterocycles. The van der Waals surface area contributed by atoms with Crippen molar-refractivity contribution in [2.75, 3.05) is 0 Å². The summed E-state index contributed by atoms with van der Waals surface area (Å²) in [5.74, 6) is 0.297. The van der Waals surface area contributed by atoms with Crippen molar-refractivity contribution >= 4 is 17.4 Å². The van der Waals surface area contributed by atoms with Crippen molar-refractivity contribution in [1.82, 2.24) is 9.88 Å². The lowest BCUT2D eigenvalue weighted by Gasteiger charge is -2.36. The first-order valence-corrected chi connectivity index (χ1v) is 10.2. The minimum absolute atomic E-state index is 0.297. The van der Waals surface area contributed by atoms with Crippen LogP contribution in [0.3, 0.4) is 0 Å². The van der Waals surface area contributed by atoms with Crippen LogP contribution in [0.5, 0.6) is 0 Å². The molecule has 1 aromatic carbocycles. The van der Waals surface area contributed by atoms with Gasteiger partial charge in [-0.15, -0.1) is 11.3 Å². The van der Waals surface area contributed by atoms with Gasteiger partial charge in [0, 0.05) is 18.1 Å². The van der Waals surface area contributed by atoms with Crippen LogP contribution in [0.1, 0.15) is 57.7 Å². The Labute approximate surface area is 166 Å². The molecule has 6 heteroatoms. The van der Waals surface area contributed by atoms with Crippen LogP contribution in [0.2, 0.25) is 0 Å². The number of hydrogen-bond acceptors (Lipinski definition) is 5. The van der Waals surface area contributed by atoms with Gasteiger partial charge in [0.05, 0.1) is 6.04 Å². The van der Waals surface area contributed by atoms with Gasteiger partial charge < -0.3 is 9.84 Å². The summed E-state index contributed by atoms with van der Waals surface area (Å²) in [5, 5.41) is 13.5. The zero-order valence-corrected chi connectivity index (χ0v) is 17.6. The number of ether oxygens (including phenoxy) is 1. The Bertz CT molecular complexity index is 696. The van der Waals surface area contributed by atoms with Crippen molar-refractivity contribution in [1.29, 1.82) is 0 Å². The fourth-order valence-corrected chi connectivity index (χ4v) is 3.55. The average molecular weight is 391 g/mol. The normalized spacial score (nSPS) is 14.0. The zero-order chi connectivity index (χ0) is 20.0. The molecule has 1 N–H and O–H groups in total. The molecule has 148 valence electrons. The van der Waals surface area contributed by atoms with E-state index in [9.17, 15) is 9.90 Å². The van der Waals surface area contributed by atoms with E-state index in [1.165, 1.54) is 11.3 Å². The summed E-state index contributed by atoms with van der Waals surface area (Å²) in [4.78, 5) is 18.9. The van der Waals surface area contributed by atoms with E-state index >= 15 is 0 Å². The Kier molecular flexibility index (Phi) is 7.39. The maximum absolute atomic E-state index is 13.0. The SMILES string of the molecule is CC(C)C[C@@H]([C@@H](O)c1nccs1)N(Cc1ccccc1)C(=O)OC(C)(C)C. The molecule has 2 atom stereocenters. The molecule has 0 fully saturated rings. The van der Waals surface area contributed by atoms with Gasteiger partial charge in [-0.1, -0.05) is 44.2 Å². The Hall–Kier alpha value is -1.92. The largest absolute Gasteiger partial charge is 0.444 e. The van der Waals surface area contributed by atoms with Crippen LogP contribution in [0.4, 0.5) is 4.79 Å². The second-order valence-corrected chi connectivity index (χ2v) is 9.03. The maximum atomic E-state index is 13.0. The lowest BCUT2D eigenvalue weighted by molar-refractivity contribution is -0.0139. The summed E-state index contributed by atoms with van der Waals surface area (Å²) >= 11 is 1.40. The van der Waals surface area contributed by atoms with Gasteiger partial charge in [-0.25, -0.2) is 9.78 Å². The molecule has 27 heavy (non-hydrogen) atoms. The third kappa shape index (κ3) is 6.63. The van der Waals surface area contributed by atoms with E-state index in [1.54, 1.807) is 11.1 Å². The number of aliphatic hydroxyl groups is 1. The number of hydrogen-bond donors (Lipinski definition) is 1. The van der Waals surface area contributed by atoms with Crippen LogP contribution < -0.4 is 0 Å². The third-order valence-electron chi connectivity index (χ3n) is 4.01. The molecular weight excluding hydrogens is 360 g/mol. The van der Waals surface area contributed by atoms with Gasteiger partial charge in [-0.05, 0) is 38.7 Å². The molecule has 0 bridgehead atoms. The van der Waals surface area contributed by atoms with E-state index in [0.29, 0.717) is 23.9 Å². The molecule has 5 nitrogen and oxygen atoms in total. The first-order chi connectivity index (χ1) is 12.7. The molecule has 0 aliphatic carbocycles. The molecule has 0 radical (unpaired) electrons. The van der Waals surface area contributed by atoms with Crippen LogP contribution in [0.15, 0.2) is 41.9 Å². The molecule has 0 saturated carbocycles. The highest BCUT2D eigenvalue weighted by Gasteiger charge is 2.35. The molecule has 0 spiro atoms. The highest BCUT2D eigenvalue weighted by Crippen LogP contribution is 2.30. The number of carbonyl (C=O) groups excluding carboxylic acids is 1. The number of nitrogens with zero attached hydrogens (tertiary/aromatic N) is 2. The van der Waals surface area contributed by atoms with Gasteiger partial charge in [0.2, 0.25) is 0 Å². The van der Waals surface area contributed by atoms with Gasteiger partial charge in [0.1, 0.15) is 16.7 Å². The summed E-state index contributed by atoms with van der Waals surface area (Å²) in [6.07, 6.45) is 1.04. The van der Waals surface area contributed by atoms with Crippen molar-refractivity contribution < 1.29 is 14.6 Å². The van der Waals surface area contributed by atoms with E-state index in [0.717, 1.165) is 5.56 Å². The number of aliphatic hydroxyl groups excluding tert-OH is 1. The lowest BCUT2D eigenvalue weighted by Crippen LogP contribution is -2.46. The molecule has 1 heterocycles. The number of aromatic nitrogens is 1. The number of benzene rings is 1.